The van der Waals surface area contributed by atoms with Gasteiger partial charge in [-0.2, -0.15) is 13.8 Å². The van der Waals surface area contributed by atoms with E-state index in [1.165, 1.54) is 22.8 Å². The molecule has 1 saturated carbocycles. The predicted octanol–water partition coefficient (Wildman–Crippen LogP) is 3.40. The first-order valence-corrected chi connectivity index (χ1v) is 9.71. The third-order valence-electron chi connectivity index (χ3n) is 4.31. The fraction of sp³-hybridized carbons (Fsp3) is 0.389. The van der Waals surface area contributed by atoms with Crippen molar-refractivity contribution in [2.75, 3.05) is 11.1 Å². The Balaban J connectivity index is 1.71. The number of aromatic hydroxyl groups is 1. The Morgan fingerprint density at radius 3 is 2.79 bits per heavy atom. The SMILES string of the molecule is O=C(CSc1nc(O)cc(=O)n1C1CCCC1)Nc1ccccc1OC(F)F. The molecule has 2 N–H and O–H groups in total. The molecule has 1 aliphatic carbocycles. The lowest BCUT2D eigenvalue weighted by molar-refractivity contribution is -0.113. The molecular formula is C18H19F2N3O4S. The lowest BCUT2D eigenvalue weighted by atomic mass is 10.2. The largest absolute Gasteiger partial charge is 0.493 e. The van der Waals surface area contributed by atoms with E-state index in [1.807, 2.05) is 0 Å². The molecule has 0 aliphatic heterocycles. The molecule has 3 rings (SSSR count). The average Bonchev–Trinajstić information content (AvgIpc) is 3.15. The van der Waals surface area contributed by atoms with Gasteiger partial charge in [-0.25, -0.2) is 0 Å². The molecule has 150 valence electrons. The number of aromatic nitrogens is 2. The Morgan fingerprint density at radius 1 is 1.36 bits per heavy atom. The number of halogens is 2. The van der Waals surface area contributed by atoms with Crippen molar-refractivity contribution in [3.63, 3.8) is 0 Å². The highest BCUT2D eigenvalue weighted by Gasteiger charge is 2.23. The van der Waals surface area contributed by atoms with Crippen molar-refractivity contribution >= 4 is 23.4 Å². The van der Waals surface area contributed by atoms with Crippen molar-refractivity contribution < 1.29 is 23.4 Å². The first-order valence-electron chi connectivity index (χ1n) is 8.73. The highest BCUT2D eigenvalue weighted by atomic mass is 32.2. The quantitative estimate of drug-likeness (QED) is 0.536. The molecule has 1 heterocycles. The minimum atomic E-state index is -3.01. The summed E-state index contributed by atoms with van der Waals surface area (Å²) in [5, 5.41) is 12.4. The second-order valence-corrected chi connectivity index (χ2v) is 7.20. The summed E-state index contributed by atoms with van der Waals surface area (Å²) in [6.07, 6.45) is 3.68. The molecule has 10 heteroatoms. The van der Waals surface area contributed by atoms with Crippen molar-refractivity contribution in [3.8, 4) is 11.6 Å². The van der Waals surface area contributed by atoms with Gasteiger partial charge in [0.1, 0.15) is 5.75 Å². The van der Waals surface area contributed by atoms with Crippen LogP contribution in [-0.2, 0) is 4.79 Å². The molecule has 0 bridgehead atoms. The topological polar surface area (TPSA) is 93.5 Å². The molecule has 1 aromatic carbocycles. The van der Waals surface area contributed by atoms with Crippen LogP contribution in [0.15, 0.2) is 40.3 Å². The van der Waals surface area contributed by atoms with Gasteiger partial charge in [0.15, 0.2) is 5.16 Å². The van der Waals surface area contributed by atoms with E-state index in [9.17, 15) is 23.5 Å². The van der Waals surface area contributed by atoms with Gasteiger partial charge in [-0.1, -0.05) is 36.7 Å². The number of para-hydroxylation sites is 2. The van der Waals surface area contributed by atoms with E-state index in [0.717, 1.165) is 43.5 Å². The van der Waals surface area contributed by atoms with Crippen LogP contribution in [0.2, 0.25) is 0 Å². The van der Waals surface area contributed by atoms with Crippen LogP contribution in [0, 0.1) is 0 Å². The van der Waals surface area contributed by atoms with E-state index in [2.05, 4.69) is 15.0 Å². The molecule has 1 aromatic heterocycles. The minimum Gasteiger partial charge on any atom is -0.493 e. The van der Waals surface area contributed by atoms with Crippen molar-refractivity contribution in [3.05, 3.63) is 40.7 Å². The molecule has 0 saturated heterocycles. The van der Waals surface area contributed by atoms with E-state index >= 15 is 0 Å². The van der Waals surface area contributed by atoms with E-state index in [-0.39, 0.29) is 33.9 Å². The highest BCUT2D eigenvalue weighted by molar-refractivity contribution is 7.99. The molecule has 1 amide bonds. The maximum atomic E-state index is 12.5. The van der Waals surface area contributed by atoms with Gasteiger partial charge in [0.2, 0.25) is 11.8 Å². The standard InChI is InChI=1S/C18H19F2N3O4S/c19-17(20)27-13-8-4-3-7-12(13)21-15(25)10-28-18-22-14(24)9-16(26)23(18)11-5-1-2-6-11/h3-4,7-9,11,17,24H,1-2,5-6,10H2,(H,21,25). The van der Waals surface area contributed by atoms with Crippen LogP contribution < -0.4 is 15.6 Å². The fourth-order valence-electron chi connectivity index (χ4n) is 3.14. The summed E-state index contributed by atoms with van der Waals surface area (Å²) in [6.45, 7) is -3.01. The number of amides is 1. The fourth-order valence-corrected chi connectivity index (χ4v) is 4.01. The zero-order valence-electron chi connectivity index (χ0n) is 14.8. The van der Waals surface area contributed by atoms with Crippen LogP contribution in [0.1, 0.15) is 31.7 Å². The number of rotatable bonds is 7. The minimum absolute atomic E-state index is 0.00803. The number of alkyl halides is 2. The summed E-state index contributed by atoms with van der Waals surface area (Å²) in [5.41, 5.74) is -0.247. The average molecular weight is 411 g/mol. The molecule has 1 aliphatic rings. The van der Waals surface area contributed by atoms with Gasteiger partial charge in [0.25, 0.3) is 5.56 Å². The Bertz CT molecular complexity index is 901. The van der Waals surface area contributed by atoms with E-state index in [0.29, 0.717) is 0 Å². The number of hydrogen-bond donors (Lipinski definition) is 2. The highest BCUT2D eigenvalue weighted by Crippen LogP contribution is 2.32. The Labute approximate surface area is 163 Å². The number of thioether (sulfide) groups is 1. The number of ether oxygens (including phenoxy) is 1. The van der Waals surface area contributed by atoms with Crippen molar-refractivity contribution in [1.29, 1.82) is 0 Å². The van der Waals surface area contributed by atoms with Crippen LogP contribution in [0.3, 0.4) is 0 Å². The molecule has 0 unspecified atom stereocenters. The summed E-state index contributed by atoms with van der Waals surface area (Å²) in [7, 11) is 0. The van der Waals surface area contributed by atoms with E-state index in [1.54, 1.807) is 6.07 Å². The third-order valence-corrected chi connectivity index (χ3v) is 5.26. The number of carbonyl (C=O) groups excluding carboxylic acids is 1. The first kappa shape index (κ1) is 20.1. The second-order valence-electron chi connectivity index (χ2n) is 6.25. The van der Waals surface area contributed by atoms with Gasteiger partial charge in [-0.3, -0.25) is 14.2 Å². The third kappa shape index (κ3) is 5.00. The zero-order chi connectivity index (χ0) is 20.1. The van der Waals surface area contributed by atoms with Gasteiger partial charge >= 0.3 is 6.61 Å². The summed E-state index contributed by atoms with van der Waals surface area (Å²) in [6, 6.07) is 6.91. The Morgan fingerprint density at radius 2 is 2.07 bits per heavy atom. The molecule has 1 fully saturated rings. The van der Waals surface area contributed by atoms with Crippen LogP contribution in [0.25, 0.3) is 0 Å². The molecule has 28 heavy (non-hydrogen) atoms. The normalized spacial score (nSPS) is 14.4. The maximum Gasteiger partial charge on any atom is 0.387 e. The Kier molecular flexibility index (Phi) is 6.50. The van der Waals surface area contributed by atoms with Crippen LogP contribution in [-0.4, -0.2) is 32.9 Å². The van der Waals surface area contributed by atoms with Crippen LogP contribution >= 0.6 is 11.8 Å². The second kappa shape index (κ2) is 9.05. The lowest BCUT2D eigenvalue weighted by Gasteiger charge is -2.17. The summed E-state index contributed by atoms with van der Waals surface area (Å²) in [5.74, 6) is -1.15. The molecule has 2 aromatic rings. The van der Waals surface area contributed by atoms with Gasteiger partial charge in [-0.15, -0.1) is 0 Å². The molecule has 7 nitrogen and oxygen atoms in total. The predicted molar refractivity (Wildman–Crippen MR) is 100 cm³/mol. The van der Waals surface area contributed by atoms with Crippen molar-refractivity contribution in [2.45, 2.75) is 43.5 Å². The maximum absolute atomic E-state index is 12.5. The monoisotopic (exact) mass is 411 g/mol. The molecule has 0 atom stereocenters. The molecule has 0 radical (unpaired) electrons. The van der Waals surface area contributed by atoms with Crippen LogP contribution in [0.4, 0.5) is 14.5 Å². The molecular weight excluding hydrogens is 392 g/mol. The van der Waals surface area contributed by atoms with Crippen molar-refractivity contribution in [2.24, 2.45) is 0 Å². The molecule has 0 spiro atoms. The van der Waals surface area contributed by atoms with E-state index < -0.39 is 18.4 Å². The number of anilines is 1. The van der Waals surface area contributed by atoms with Gasteiger partial charge < -0.3 is 15.2 Å². The smallest absolute Gasteiger partial charge is 0.387 e. The van der Waals surface area contributed by atoms with Gasteiger partial charge in [0.05, 0.1) is 17.5 Å². The number of carbonyl (C=O) groups is 1. The number of benzene rings is 1. The summed E-state index contributed by atoms with van der Waals surface area (Å²) in [4.78, 5) is 28.6. The van der Waals surface area contributed by atoms with Gasteiger partial charge in [-0.05, 0) is 25.0 Å². The van der Waals surface area contributed by atoms with E-state index in [4.69, 9.17) is 0 Å². The first-order chi connectivity index (χ1) is 13.4. The Hall–Kier alpha value is -2.62. The summed E-state index contributed by atoms with van der Waals surface area (Å²) < 4.78 is 30.8. The summed E-state index contributed by atoms with van der Waals surface area (Å²) >= 11 is 1.00. The zero-order valence-corrected chi connectivity index (χ0v) is 15.6. The lowest BCUT2D eigenvalue weighted by Crippen LogP contribution is -2.26. The number of nitrogens with one attached hydrogen (secondary N) is 1. The number of nitrogens with zero attached hydrogens (tertiary/aromatic N) is 2. The van der Waals surface area contributed by atoms with Crippen LogP contribution in [0.5, 0.6) is 11.6 Å². The van der Waals surface area contributed by atoms with Crippen molar-refractivity contribution in [1.82, 2.24) is 9.55 Å². The number of hydrogen-bond acceptors (Lipinski definition) is 6. The van der Waals surface area contributed by atoms with Gasteiger partial charge in [0, 0.05) is 6.04 Å².